The molecule has 4 aromatic rings. The van der Waals surface area contributed by atoms with Crippen LogP contribution in [-0.2, 0) is 0 Å². The Morgan fingerprint density at radius 3 is 2.65 bits per heavy atom. The summed E-state index contributed by atoms with van der Waals surface area (Å²) in [6.07, 6.45) is 3.00. The summed E-state index contributed by atoms with van der Waals surface area (Å²) >= 11 is 12.6. The molecule has 0 spiro atoms. The van der Waals surface area contributed by atoms with E-state index in [1.54, 1.807) is 13.0 Å². The number of nitrogen functional groups attached to an aromatic ring is 2. The Morgan fingerprint density at radius 1 is 1.23 bits per heavy atom. The van der Waals surface area contributed by atoms with Crippen molar-refractivity contribution in [1.82, 2.24) is 29.7 Å². The van der Waals surface area contributed by atoms with Crippen LogP contribution in [0.25, 0.3) is 16.6 Å². The van der Waals surface area contributed by atoms with Crippen LogP contribution in [0.1, 0.15) is 24.4 Å². The number of benzene rings is 1. The van der Waals surface area contributed by atoms with Gasteiger partial charge < -0.3 is 16.8 Å². The third-order valence-corrected chi connectivity index (χ3v) is 5.12. The molecule has 1 aromatic carbocycles. The minimum atomic E-state index is -0.650. The first-order chi connectivity index (χ1) is 14.8. The highest BCUT2D eigenvalue weighted by atomic mass is 35.5. The van der Waals surface area contributed by atoms with Crippen molar-refractivity contribution < 1.29 is 0 Å². The Hall–Kier alpha value is -3.88. The summed E-state index contributed by atoms with van der Waals surface area (Å²) in [7, 11) is 0. The normalized spacial score (nSPS) is 11.9. The summed E-state index contributed by atoms with van der Waals surface area (Å²) in [6, 6.07) is 4.37. The van der Waals surface area contributed by atoms with Gasteiger partial charge in [0.15, 0.2) is 5.82 Å². The fourth-order valence-corrected chi connectivity index (χ4v) is 3.55. The van der Waals surface area contributed by atoms with Crippen LogP contribution in [0.2, 0.25) is 10.0 Å². The first-order valence-electron chi connectivity index (χ1n) is 8.81. The van der Waals surface area contributed by atoms with Gasteiger partial charge in [0.25, 0.3) is 5.56 Å². The molecule has 0 fully saturated rings. The zero-order valence-corrected chi connectivity index (χ0v) is 17.4. The Morgan fingerprint density at radius 2 is 1.97 bits per heavy atom. The van der Waals surface area contributed by atoms with Crippen molar-refractivity contribution in [1.29, 1.82) is 5.26 Å². The van der Waals surface area contributed by atoms with Crippen LogP contribution in [0.15, 0.2) is 29.3 Å². The summed E-state index contributed by atoms with van der Waals surface area (Å²) in [5, 5.41) is 19.7. The average molecular weight is 457 g/mol. The highest BCUT2D eigenvalue weighted by molar-refractivity contribution is 6.39. The van der Waals surface area contributed by atoms with E-state index in [-0.39, 0.29) is 49.9 Å². The molecule has 11 nitrogen and oxygen atoms in total. The molecule has 13 heteroatoms. The van der Waals surface area contributed by atoms with Crippen LogP contribution in [0.5, 0.6) is 0 Å². The highest BCUT2D eigenvalue weighted by Crippen LogP contribution is 2.29. The molecule has 4 rings (SSSR count). The number of aromatic nitrogens is 6. The smallest absolute Gasteiger partial charge is 0.267 e. The van der Waals surface area contributed by atoms with E-state index in [1.807, 2.05) is 6.07 Å². The van der Waals surface area contributed by atoms with Gasteiger partial charge in [-0.05, 0) is 19.1 Å². The standard InChI is InChI=1S/C18H14Cl2N10O/c1-7(26-15-9(4-21)14(22)28-18(23)29-15)16-27-13-11(20)3-2-10(19)12(13)17(31)30(16)8-5-24-25-6-8/h2-3,5-7H,1H3,(H,24,25)(H5,22,23,26,28,29). The van der Waals surface area contributed by atoms with E-state index in [4.69, 9.17) is 34.7 Å². The molecule has 0 bridgehead atoms. The zero-order valence-electron chi connectivity index (χ0n) is 15.9. The van der Waals surface area contributed by atoms with Crippen LogP contribution in [-0.4, -0.2) is 29.7 Å². The molecule has 0 saturated carbocycles. The second kappa shape index (κ2) is 7.75. The average Bonchev–Trinajstić information content (AvgIpc) is 3.24. The number of H-pyrrole nitrogens is 1. The van der Waals surface area contributed by atoms with Gasteiger partial charge in [-0.25, -0.2) is 4.98 Å². The highest BCUT2D eigenvalue weighted by Gasteiger charge is 2.23. The van der Waals surface area contributed by atoms with Gasteiger partial charge in [0.1, 0.15) is 23.3 Å². The van der Waals surface area contributed by atoms with Crippen molar-refractivity contribution in [3.8, 4) is 11.8 Å². The van der Waals surface area contributed by atoms with Gasteiger partial charge >= 0.3 is 0 Å². The lowest BCUT2D eigenvalue weighted by Gasteiger charge is -2.20. The van der Waals surface area contributed by atoms with Crippen LogP contribution in [0, 0.1) is 11.3 Å². The molecule has 0 aliphatic rings. The van der Waals surface area contributed by atoms with Gasteiger partial charge in [-0.15, -0.1) is 0 Å². The minimum Gasteiger partial charge on any atom is -0.382 e. The number of nitrogens with zero attached hydrogens (tertiary/aromatic N) is 6. The van der Waals surface area contributed by atoms with E-state index in [0.29, 0.717) is 5.69 Å². The number of nitrogens with two attached hydrogens (primary N) is 2. The molecule has 0 amide bonds. The molecule has 1 unspecified atom stereocenters. The summed E-state index contributed by atoms with van der Waals surface area (Å²) in [6.45, 7) is 1.72. The predicted molar refractivity (Wildman–Crippen MR) is 117 cm³/mol. The molecule has 6 N–H and O–H groups in total. The molecular weight excluding hydrogens is 443 g/mol. The van der Waals surface area contributed by atoms with Crippen LogP contribution >= 0.6 is 23.2 Å². The Balaban J connectivity index is 1.96. The number of halogens is 2. The first-order valence-corrected chi connectivity index (χ1v) is 9.56. The maximum Gasteiger partial charge on any atom is 0.267 e. The maximum absolute atomic E-state index is 13.4. The molecular formula is C18H14Cl2N10O. The quantitative estimate of drug-likeness (QED) is 0.358. The fraction of sp³-hybridized carbons (Fsp3) is 0.111. The molecule has 3 aromatic heterocycles. The topological polar surface area (TPSA) is 177 Å². The summed E-state index contributed by atoms with van der Waals surface area (Å²) in [4.78, 5) is 25.8. The Bertz CT molecular complexity index is 1410. The van der Waals surface area contributed by atoms with Crippen LogP contribution in [0.4, 0.5) is 17.6 Å². The molecule has 156 valence electrons. The van der Waals surface area contributed by atoms with Crippen molar-refractivity contribution in [2.24, 2.45) is 0 Å². The summed E-state index contributed by atoms with van der Waals surface area (Å²) in [5.41, 5.74) is 11.7. The molecule has 3 heterocycles. The second-order valence-electron chi connectivity index (χ2n) is 6.49. The zero-order chi connectivity index (χ0) is 22.3. The lowest BCUT2D eigenvalue weighted by molar-refractivity contribution is 0.731. The van der Waals surface area contributed by atoms with Gasteiger partial charge in [0.2, 0.25) is 5.95 Å². The maximum atomic E-state index is 13.4. The number of hydrogen-bond acceptors (Lipinski definition) is 9. The van der Waals surface area contributed by atoms with E-state index in [2.05, 4.69) is 30.5 Å². The van der Waals surface area contributed by atoms with E-state index < -0.39 is 11.6 Å². The van der Waals surface area contributed by atoms with Crippen LogP contribution < -0.4 is 22.3 Å². The van der Waals surface area contributed by atoms with Crippen molar-refractivity contribution in [2.45, 2.75) is 13.0 Å². The summed E-state index contributed by atoms with van der Waals surface area (Å²) in [5.74, 6) is 0.186. The molecule has 31 heavy (non-hydrogen) atoms. The number of hydrogen-bond donors (Lipinski definition) is 4. The third kappa shape index (κ3) is 3.48. The monoisotopic (exact) mass is 456 g/mol. The predicted octanol–water partition coefficient (Wildman–Crippen LogP) is 2.41. The lowest BCUT2D eigenvalue weighted by Crippen LogP contribution is -2.27. The van der Waals surface area contributed by atoms with Gasteiger partial charge in [-0.3, -0.25) is 14.5 Å². The number of nitriles is 1. The second-order valence-corrected chi connectivity index (χ2v) is 7.30. The molecule has 0 radical (unpaired) electrons. The van der Waals surface area contributed by atoms with E-state index >= 15 is 0 Å². The molecule has 0 saturated heterocycles. The van der Waals surface area contributed by atoms with E-state index in [0.717, 1.165) is 0 Å². The SMILES string of the molecule is CC(Nc1nc(N)nc(N)c1C#N)c1nc2c(Cl)ccc(Cl)c2c(=O)n1-c1cn[nH]c1. The molecule has 1 atom stereocenters. The summed E-state index contributed by atoms with van der Waals surface area (Å²) < 4.78 is 1.34. The largest absolute Gasteiger partial charge is 0.382 e. The third-order valence-electron chi connectivity index (χ3n) is 4.50. The van der Waals surface area contributed by atoms with Gasteiger partial charge in [-0.2, -0.15) is 20.3 Å². The van der Waals surface area contributed by atoms with E-state index in [9.17, 15) is 10.1 Å². The van der Waals surface area contributed by atoms with Gasteiger partial charge in [0, 0.05) is 6.20 Å². The Kier molecular flexibility index (Phi) is 5.10. The van der Waals surface area contributed by atoms with Crippen LogP contribution in [0.3, 0.4) is 0 Å². The fourth-order valence-electron chi connectivity index (χ4n) is 3.12. The minimum absolute atomic E-state index is 0.0140. The van der Waals surface area contributed by atoms with Crippen molar-refractivity contribution >= 4 is 51.7 Å². The number of rotatable bonds is 4. The lowest BCUT2D eigenvalue weighted by atomic mass is 10.2. The molecule has 0 aliphatic carbocycles. The number of anilines is 3. The van der Waals surface area contributed by atoms with Crippen molar-refractivity contribution in [2.75, 3.05) is 16.8 Å². The van der Waals surface area contributed by atoms with Crippen molar-refractivity contribution in [3.05, 3.63) is 56.3 Å². The van der Waals surface area contributed by atoms with Gasteiger partial charge in [-0.1, -0.05) is 23.2 Å². The number of aromatic amines is 1. The van der Waals surface area contributed by atoms with Crippen molar-refractivity contribution in [3.63, 3.8) is 0 Å². The first kappa shape index (κ1) is 20.4. The molecule has 0 aliphatic heterocycles. The van der Waals surface area contributed by atoms with E-state index in [1.165, 1.54) is 23.0 Å². The number of nitrogens with one attached hydrogen (secondary N) is 2. The number of fused-ring (bicyclic) bond motifs is 1. The Labute approximate surface area is 184 Å². The van der Waals surface area contributed by atoms with Gasteiger partial charge in [0.05, 0.1) is 38.9 Å².